The lowest BCUT2D eigenvalue weighted by Gasteiger charge is -2.20. The van der Waals surface area contributed by atoms with Crippen LogP contribution < -0.4 is 4.74 Å². The third-order valence-electron chi connectivity index (χ3n) is 3.95. The van der Waals surface area contributed by atoms with Gasteiger partial charge in [0, 0.05) is 5.56 Å². The highest BCUT2D eigenvalue weighted by molar-refractivity contribution is 5.89. The summed E-state index contributed by atoms with van der Waals surface area (Å²) in [5.41, 5.74) is 0.696. The lowest BCUT2D eigenvalue weighted by molar-refractivity contribution is 0.0871. The molecule has 23 heavy (non-hydrogen) atoms. The summed E-state index contributed by atoms with van der Waals surface area (Å²) in [5.74, 6) is -3.22. The maximum absolute atomic E-state index is 14.4. The van der Waals surface area contributed by atoms with E-state index in [1.165, 1.54) is 18.2 Å². The third kappa shape index (κ3) is 2.81. The highest BCUT2D eigenvalue weighted by Gasteiger charge is 2.22. The maximum Gasteiger partial charge on any atom is 0.175 e. The van der Waals surface area contributed by atoms with Gasteiger partial charge in [-0.25, -0.2) is 13.2 Å². The standard InChI is InChI=1S/C18H17F3O2/c1-3-22-14-7-6-11-8-13(12-5-4-10(2)23-9-12)16(19)18(21)15(11)17(14)20/h5-8,10H,3-4,9H2,1-2H3. The van der Waals surface area contributed by atoms with Gasteiger partial charge in [0.2, 0.25) is 0 Å². The Hall–Kier alpha value is -2.01. The van der Waals surface area contributed by atoms with Crippen molar-refractivity contribution in [3.63, 3.8) is 0 Å². The van der Waals surface area contributed by atoms with Crippen molar-refractivity contribution in [2.45, 2.75) is 26.4 Å². The molecule has 1 aliphatic rings. The van der Waals surface area contributed by atoms with Crippen LogP contribution in [0.1, 0.15) is 25.8 Å². The maximum atomic E-state index is 14.4. The monoisotopic (exact) mass is 322 g/mol. The first-order chi connectivity index (χ1) is 11.0. The van der Waals surface area contributed by atoms with E-state index in [4.69, 9.17) is 9.47 Å². The Morgan fingerprint density at radius 1 is 1.17 bits per heavy atom. The molecule has 1 unspecified atom stereocenters. The van der Waals surface area contributed by atoms with Crippen molar-refractivity contribution < 1.29 is 22.6 Å². The number of hydrogen-bond donors (Lipinski definition) is 0. The molecule has 1 heterocycles. The fourth-order valence-corrected chi connectivity index (χ4v) is 2.72. The van der Waals surface area contributed by atoms with Gasteiger partial charge in [0.25, 0.3) is 0 Å². The van der Waals surface area contributed by atoms with Crippen molar-refractivity contribution in [2.24, 2.45) is 0 Å². The minimum atomic E-state index is -1.20. The van der Waals surface area contributed by atoms with E-state index in [9.17, 15) is 13.2 Å². The van der Waals surface area contributed by atoms with Crippen molar-refractivity contribution in [1.82, 2.24) is 0 Å². The molecule has 1 atom stereocenters. The van der Waals surface area contributed by atoms with Gasteiger partial charge in [0.05, 0.1) is 24.7 Å². The van der Waals surface area contributed by atoms with Crippen molar-refractivity contribution in [3.05, 3.63) is 47.3 Å². The van der Waals surface area contributed by atoms with Crippen LogP contribution in [0.2, 0.25) is 0 Å². The molecule has 0 amide bonds. The fraction of sp³-hybridized carbons (Fsp3) is 0.333. The summed E-state index contributed by atoms with van der Waals surface area (Å²) in [7, 11) is 0. The van der Waals surface area contributed by atoms with Crippen molar-refractivity contribution in [2.75, 3.05) is 13.2 Å². The second kappa shape index (κ2) is 6.24. The molecule has 0 spiro atoms. The Balaban J connectivity index is 2.17. The summed E-state index contributed by atoms with van der Waals surface area (Å²) in [5, 5.41) is -0.0951. The quantitative estimate of drug-likeness (QED) is 0.804. The Kier molecular flexibility index (Phi) is 4.31. The zero-order valence-corrected chi connectivity index (χ0v) is 13.0. The molecule has 0 aliphatic carbocycles. The molecule has 2 nitrogen and oxygen atoms in total. The summed E-state index contributed by atoms with van der Waals surface area (Å²) in [4.78, 5) is 0. The second-order valence-electron chi connectivity index (χ2n) is 5.55. The Labute approximate surface area is 132 Å². The molecule has 0 radical (unpaired) electrons. The summed E-state index contributed by atoms with van der Waals surface area (Å²) in [6.07, 6.45) is 2.52. The van der Waals surface area contributed by atoms with E-state index < -0.39 is 17.5 Å². The van der Waals surface area contributed by atoms with E-state index in [0.717, 1.165) is 0 Å². The summed E-state index contributed by atoms with van der Waals surface area (Å²) >= 11 is 0. The smallest absolute Gasteiger partial charge is 0.175 e. The molecule has 0 fully saturated rings. The van der Waals surface area contributed by atoms with Crippen molar-refractivity contribution in [3.8, 4) is 5.75 Å². The van der Waals surface area contributed by atoms with Crippen LogP contribution in [0.15, 0.2) is 24.3 Å². The molecular formula is C18H17F3O2. The molecule has 0 aromatic heterocycles. The van der Waals surface area contributed by atoms with E-state index in [1.807, 2.05) is 13.0 Å². The summed E-state index contributed by atoms with van der Waals surface area (Å²) < 4.78 is 53.8. The number of fused-ring (bicyclic) bond motifs is 1. The number of benzene rings is 2. The molecule has 0 N–H and O–H groups in total. The van der Waals surface area contributed by atoms with Crippen LogP contribution in [-0.2, 0) is 4.74 Å². The predicted molar refractivity (Wildman–Crippen MR) is 83.0 cm³/mol. The molecule has 122 valence electrons. The number of ether oxygens (including phenoxy) is 2. The minimum Gasteiger partial charge on any atom is -0.491 e. The first-order valence-electron chi connectivity index (χ1n) is 7.57. The van der Waals surface area contributed by atoms with Crippen LogP contribution in [0, 0.1) is 17.5 Å². The van der Waals surface area contributed by atoms with Gasteiger partial charge in [-0.15, -0.1) is 0 Å². The lowest BCUT2D eigenvalue weighted by Crippen LogP contribution is -2.15. The molecule has 1 aliphatic heterocycles. The molecule has 3 rings (SSSR count). The van der Waals surface area contributed by atoms with Gasteiger partial charge in [-0.1, -0.05) is 12.1 Å². The number of rotatable bonds is 3. The normalized spacial score (nSPS) is 18.1. The number of halogens is 3. The average molecular weight is 322 g/mol. The molecule has 2 aromatic rings. The van der Waals surface area contributed by atoms with Crippen LogP contribution in [0.3, 0.4) is 0 Å². The van der Waals surface area contributed by atoms with E-state index in [0.29, 0.717) is 17.4 Å². The van der Waals surface area contributed by atoms with Crippen LogP contribution >= 0.6 is 0 Å². The van der Waals surface area contributed by atoms with Crippen LogP contribution in [0.25, 0.3) is 16.3 Å². The zero-order valence-electron chi connectivity index (χ0n) is 13.0. The van der Waals surface area contributed by atoms with E-state index in [-0.39, 0.29) is 36.0 Å². The first kappa shape index (κ1) is 15.9. The SMILES string of the molecule is CCOc1ccc2cc(C3=CCC(C)OC3)c(F)c(F)c2c1F. The predicted octanol–water partition coefficient (Wildman–Crippen LogP) is 4.85. The molecule has 0 saturated heterocycles. The van der Waals surface area contributed by atoms with Gasteiger partial charge in [0.1, 0.15) is 0 Å². The summed E-state index contributed by atoms with van der Waals surface area (Å²) in [6.45, 7) is 4.06. The third-order valence-corrected chi connectivity index (χ3v) is 3.95. The minimum absolute atomic E-state index is 0.0540. The molecular weight excluding hydrogens is 305 g/mol. The largest absolute Gasteiger partial charge is 0.491 e. The van der Waals surface area contributed by atoms with Crippen molar-refractivity contribution >= 4 is 16.3 Å². The Morgan fingerprint density at radius 2 is 1.96 bits per heavy atom. The van der Waals surface area contributed by atoms with E-state index in [1.54, 1.807) is 6.92 Å². The van der Waals surface area contributed by atoms with Gasteiger partial charge in [-0.2, -0.15) is 0 Å². The fourth-order valence-electron chi connectivity index (χ4n) is 2.72. The molecule has 0 bridgehead atoms. The molecule has 2 aromatic carbocycles. The van der Waals surface area contributed by atoms with Gasteiger partial charge >= 0.3 is 0 Å². The van der Waals surface area contributed by atoms with Crippen LogP contribution in [0.4, 0.5) is 13.2 Å². The molecule has 5 heteroatoms. The Bertz CT molecular complexity index is 784. The van der Waals surface area contributed by atoms with Crippen molar-refractivity contribution in [1.29, 1.82) is 0 Å². The summed E-state index contributed by atoms with van der Waals surface area (Å²) in [6, 6.07) is 4.41. The van der Waals surface area contributed by atoms with Gasteiger partial charge < -0.3 is 9.47 Å². The first-order valence-corrected chi connectivity index (χ1v) is 7.57. The highest BCUT2D eigenvalue weighted by atomic mass is 19.2. The molecule has 0 saturated carbocycles. The van der Waals surface area contributed by atoms with Gasteiger partial charge in [-0.3, -0.25) is 0 Å². The Morgan fingerprint density at radius 3 is 2.61 bits per heavy atom. The number of hydrogen-bond acceptors (Lipinski definition) is 2. The lowest BCUT2D eigenvalue weighted by atomic mass is 9.97. The second-order valence-corrected chi connectivity index (χ2v) is 5.55. The topological polar surface area (TPSA) is 18.5 Å². The van der Waals surface area contributed by atoms with Gasteiger partial charge in [0.15, 0.2) is 23.2 Å². The van der Waals surface area contributed by atoms with Gasteiger partial charge in [-0.05, 0) is 43.4 Å². The highest BCUT2D eigenvalue weighted by Crippen LogP contribution is 2.34. The zero-order chi connectivity index (χ0) is 16.6. The van der Waals surface area contributed by atoms with Crippen LogP contribution in [0.5, 0.6) is 5.75 Å². The average Bonchev–Trinajstić information content (AvgIpc) is 2.54. The van der Waals surface area contributed by atoms with E-state index >= 15 is 0 Å². The van der Waals surface area contributed by atoms with E-state index in [2.05, 4.69) is 0 Å². The van der Waals surface area contributed by atoms with Crippen LogP contribution in [-0.4, -0.2) is 19.3 Å².